The molecule has 1 aliphatic rings. The van der Waals surface area contributed by atoms with Crippen molar-refractivity contribution in [2.75, 3.05) is 13.2 Å². The summed E-state index contributed by atoms with van der Waals surface area (Å²) in [4.78, 5) is 12.3. The Balaban J connectivity index is 1.64. The number of aliphatic hydroxyl groups is 1. The Labute approximate surface area is 127 Å². The van der Waals surface area contributed by atoms with E-state index in [0.29, 0.717) is 23.6 Å². The predicted molar refractivity (Wildman–Crippen MR) is 78.1 cm³/mol. The molecule has 2 atom stereocenters. The highest BCUT2D eigenvalue weighted by Gasteiger charge is 2.25. The number of rotatable bonds is 5. The fourth-order valence-corrected chi connectivity index (χ4v) is 2.53. The molecule has 1 aliphatic heterocycles. The summed E-state index contributed by atoms with van der Waals surface area (Å²) in [5.74, 6) is -0.300. The Kier molecular flexibility index (Phi) is 4.21. The van der Waals surface area contributed by atoms with Crippen LogP contribution in [0.4, 0.5) is 0 Å². The zero-order chi connectivity index (χ0) is 15.5. The molecule has 0 aromatic carbocycles. The van der Waals surface area contributed by atoms with Crippen LogP contribution in [0, 0.1) is 0 Å². The Bertz CT molecular complexity index is 644. The van der Waals surface area contributed by atoms with Crippen LogP contribution in [0.15, 0.2) is 18.5 Å². The zero-order valence-electron chi connectivity index (χ0n) is 12.3. The van der Waals surface area contributed by atoms with E-state index in [4.69, 9.17) is 4.74 Å². The molecule has 0 aliphatic carbocycles. The summed E-state index contributed by atoms with van der Waals surface area (Å²) in [5, 5.41) is 23.7. The lowest BCUT2D eigenvalue weighted by Gasteiger charge is -2.17. The largest absolute Gasteiger partial charge is 0.389 e. The van der Waals surface area contributed by atoms with Crippen molar-refractivity contribution in [2.24, 2.45) is 7.05 Å². The third-order valence-corrected chi connectivity index (χ3v) is 3.72. The van der Waals surface area contributed by atoms with E-state index in [1.165, 1.54) is 6.20 Å². The van der Waals surface area contributed by atoms with E-state index in [-0.39, 0.29) is 18.6 Å². The normalized spacial score (nSPS) is 19.3. The molecule has 3 rings (SSSR count). The first-order chi connectivity index (χ1) is 10.6. The van der Waals surface area contributed by atoms with E-state index in [1.54, 1.807) is 24.0 Å². The van der Waals surface area contributed by atoms with Gasteiger partial charge >= 0.3 is 0 Å². The third kappa shape index (κ3) is 3.02. The minimum absolute atomic E-state index is 0.149. The molecule has 1 fully saturated rings. The molecule has 0 bridgehead atoms. The smallest absolute Gasteiger partial charge is 0.255 e. The Morgan fingerprint density at radius 2 is 2.55 bits per heavy atom. The molecule has 0 saturated carbocycles. The first-order valence-corrected chi connectivity index (χ1v) is 7.26. The van der Waals surface area contributed by atoms with Crippen molar-refractivity contribution in [1.82, 2.24) is 25.3 Å². The summed E-state index contributed by atoms with van der Waals surface area (Å²) >= 11 is 0. The maximum atomic E-state index is 12.3. The van der Waals surface area contributed by atoms with Crippen LogP contribution in [0.5, 0.6) is 0 Å². The van der Waals surface area contributed by atoms with Crippen LogP contribution in [-0.4, -0.2) is 56.4 Å². The van der Waals surface area contributed by atoms with Crippen LogP contribution < -0.4 is 5.32 Å². The number of H-pyrrole nitrogens is 1. The lowest BCUT2D eigenvalue weighted by molar-refractivity contribution is -0.0000749. The Morgan fingerprint density at radius 3 is 3.23 bits per heavy atom. The van der Waals surface area contributed by atoms with Crippen molar-refractivity contribution in [3.05, 3.63) is 24.0 Å². The van der Waals surface area contributed by atoms with Crippen molar-refractivity contribution in [2.45, 2.75) is 25.0 Å². The number of aryl methyl sites for hydroxylation is 1. The number of amides is 1. The van der Waals surface area contributed by atoms with Crippen LogP contribution in [0.2, 0.25) is 0 Å². The number of carbonyl (C=O) groups is 1. The molecule has 3 heterocycles. The molecule has 1 amide bonds. The van der Waals surface area contributed by atoms with Gasteiger partial charge in [0.25, 0.3) is 5.91 Å². The lowest BCUT2D eigenvalue weighted by atomic mass is 10.1. The average molecular weight is 305 g/mol. The minimum Gasteiger partial charge on any atom is -0.389 e. The first kappa shape index (κ1) is 14.7. The number of aromatic amines is 1. The Morgan fingerprint density at radius 1 is 1.68 bits per heavy atom. The SMILES string of the molecule is Cn1ccc(-c2[nH]ncc2C(=O)NCC(O)C2CCCO2)n1. The average Bonchev–Trinajstić information content (AvgIpc) is 3.23. The van der Waals surface area contributed by atoms with Crippen molar-refractivity contribution in [3.63, 3.8) is 0 Å². The van der Waals surface area contributed by atoms with Gasteiger partial charge in [0, 0.05) is 26.4 Å². The van der Waals surface area contributed by atoms with Gasteiger partial charge in [-0.3, -0.25) is 14.6 Å². The number of ether oxygens (including phenoxy) is 1. The summed E-state index contributed by atoms with van der Waals surface area (Å²) in [6, 6.07) is 1.80. The number of hydrogen-bond acceptors (Lipinski definition) is 5. The van der Waals surface area contributed by atoms with Crippen LogP contribution in [0.1, 0.15) is 23.2 Å². The van der Waals surface area contributed by atoms with Gasteiger partial charge in [-0.25, -0.2) is 0 Å². The number of carbonyl (C=O) groups excluding carboxylic acids is 1. The van der Waals surface area contributed by atoms with Gasteiger partial charge in [-0.1, -0.05) is 0 Å². The number of nitrogens with one attached hydrogen (secondary N) is 2. The number of nitrogens with zero attached hydrogens (tertiary/aromatic N) is 3. The van der Waals surface area contributed by atoms with Crippen LogP contribution in [0.3, 0.4) is 0 Å². The third-order valence-electron chi connectivity index (χ3n) is 3.72. The zero-order valence-corrected chi connectivity index (χ0v) is 12.3. The number of aromatic nitrogens is 4. The highest BCUT2D eigenvalue weighted by molar-refractivity contribution is 5.99. The fourth-order valence-electron chi connectivity index (χ4n) is 2.53. The van der Waals surface area contributed by atoms with Gasteiger partial charge in [-0.05, 0) is 18.9 Å². The van der Waals surface area contributed by atoms with E-state index in [2.05, 4.69) is 20.6 Å². The monoisotopic (exact) mass is 305 g/mol. The van der Waals surface area contributed by atoms with Crippen LogP contribution in [-0.2, 0) is 11.8 Å². The van der Waals surface area contributed by atoms with Gasteiger partial charge in [0.1, 0.15) is 5.69 Å². The van der Waals surface area contributed by atoms with Crippen molar-refractivity contribution >= 4 is 5.91 Å². The molecule has 22 heavy (non-hydrogen) atoms. The van der Waals surface area contributed by atoms with E-state index >= 15 is 0 Å². The quantitative estimate of drug-likeness (QED) is 0.725. The van der Waals surface area contributed by atoms with Gasteiger partial charge in [0.2, 0.25) is 0 Å². The summed E-state index contributed by atoms with van der Waals surface area (Å²) in [6.45, 7) is 0.817. The molecule has 3 N–H and O–H groups in total. The highest BCUT2D eigenvalue weighted by Crippen LogP contribution is 2.19. The van der Waals surface area contributed by atoms with Crippen molar-refractivity contribution in [3.8, 4) is 11.4 Å². The molecule has 1 saturated heterocycles. The minimum atomic E-state index is -0.698. The molecule has 2 aromatic heterocycles. The molecule has 8 nitrogen and oxygen atoms in total. The predicted octanol–water partition coefficient (Wildman–Crippen LogP) is 0.0799. The van der Waals surface area contributed by atoms with Gasteiger partial charge in [0.15, 0.2) is 0 Å². The Hall–Kier alpha value is -2.19. The second kappa shape index (κ2) is 6.29. The number of aliphatic hydroxyl groups excluding tert-OH is 1. The van der Waals surface area contributed by atoms with Crippen molar-refractivity contribution < 1.29 is 14.6 Å². The lowest BCUT2D eigenvalue weighted by Crippen LogP contribution is -2.38. The van der Waals surface area contributed by atoms with Gasteiger partial charge in [-0.2, -0.15) is 10.2 Å². The maximum absolute atomic E-state index is 12.3. The van der Waals surface area contributed by atoms with Crippen molar-refractivity contribution in [1.29, 1.82) is 0 Å². The van der Waals surface area contributed by atoms with E-state index < -0.39 is 6.10 Å². The second-order valence-corrected chi connectivity index (χ2v) is 5.36. The van der Waals surface area contributed by atoms with E-state index in [0.717, 1.165) is 12.8 Å². The summed E-state index contributed by atoms with van der Waals surface area (Å²) in [7, 11) is 1.80. The molecule has 8 heteroatoms. The molecule has 2 unspecified atom stereocenters. The van der Waals surface area contributed by atoms with Gasteiger partial charge < -0.3 is 15.2 Å². The fraction of sp³-hybridized carbons (Fsp3) is 0.500. The summed E-state index contributed by atoms with van der Waals surface area (Å²) in [6.07, 6.45) is 4.12. The molecule has 0 spiro atoms. The molecular formula is C14H19N5O3. The molecule has 2 aromatic rings. The summed E-state index contributed by atoms with van der Waals surface area (Å²) < 4.78 is 7.05. The van der Waals surface area contributed by atoms with E-state index in [1.807, 2.05) is 0 Å². The topological polar surface area (TPSA) is 105 Å². The number of hydrogen-bond donors (Lipinski definition) is 3. The van der Waals surface area contributed by atoms with Gasteiger partial charge in [0.05, 0.1) is 29.7 Å². The van der Waals surface area contributed by atoms with Crippen LogP contribution >= 0.6 is 0 Å². The van der Waals surface area contributed by atoms with E-state index in [9.17, 15) is 9.90 Å². The summed E-state index contributed by atoms with van der Waals surface area (Å²) in [5.41, 5.74) is 1.60. The second-order valence-electron chi connectivity index (χ2n) is 5.36. The van der Waals surface area contributed by atoms with Crippen LogP contribution in [0.25, 0.3) is 11.4 Å². The standard InChI is InChI=1S/C14H19N5O3/c1-19-5-4-10(18-19)13-9(7-16-17-13)14(21)15-8-11(20)12-3-2-6-22-12/h4-5,7,11-12,20H,2-3,6,8H2,1H3,(H,15,21)(H,16,17). The molecule has 118 valence electrons. The molecule has 0 radical (unpaired) electrons. The molecular weight excluding hydrogens is 286 g/mol. The maximum Gasteiger partial charge on any atom is 0.255 e. The highest BCUT2D eigenvalue weighted by atomic mass is 16.5. The first-order valence-electron chi connectivity index (χ1n) is 7.26. The van der Waals surface area contributed by atoms with Gasteiger partial charge in [-0.15, -0.1) is 0 Å².